The number of benzene rings is 1. The highest BCUT2D eigenvalue weighted by atomic mass is 32.2. The molecule has 2 heterocycles. The Kier molecular flexibility index (Phi) is 5.64. The molecule has 9 heteroatoms. The van der Waals surface area contributed by atoms with Crippen LogP contribution in [0, 0.1) is 0 Å². The van der Waals surface area contributed by atoms with Crippen LogP contribution in [0.4, 0.5) is 5.13 Å². The van der Waals surface area contributed by atoms with Crippen LogP contribution in [0.25, 0.3) is 0 Å². The van der Waals surface area contributed by atoms with Crippen molar-refractivity contribution < 1.29 is 14.3 Å². The number of amides is 1. The van der Waals surface area contributed by atoms with Crippen LogP contribution in [-0.2, 0) is 17.8 Å². The zero-order valence-corrected chi connectivity index (χ0v) is 15.7. The second kappa shape index (κ2) is 7.92. The molecule has 1 aliphatic heterocycles. The van der Waals surface area contributed by atoms with Gasteiger partial charge in [0.2, 0.25) is 11.0 Å². The molecule has 1 atom stereocenters. The number of nitrogens with zero attached hydrogens (tertiary/aromatic N) is 2. The quantitative estimate of drug-likeness (QED) is 0.711. The maximum Gasteiger partial charge on any atom is 0.230 e. The van der Waals surface area contributed by atoms with E-state index in [1.165, 1.54) is 23.1 Å². The Morgan fingerprint density at radius 2 is 2.36 bits per heavy atom. The number of aromatic nitrogens is 2. The van der Waals surface area contributed by atoms with Crippen LogP contribution in [-0.4, -0.2) is 34.6 Å². The van der Waals surface area contributed by atoms with Gasteiger partial charge in [0, 0.05) is 24.1 Å². The van der Waals surface area contributed by atoms with Gasteiger partial charge >= 0.3 is 0 Å². The summed E-state index contributed by atoms with van der Waals surface area (Å²) in [6, 6.07) is 3.98. The van der Waals surface area contributed by atoms with Crippen molar-refractivity contribution in [2.75, 3.05) is 18.1 Å². The number of thioether (sulfide) groups is 1. The summed E-state index contributed by atoms with van der Waals surface area (Å²) in [5.74, 6) is 1.84. The van der Waals surface area contributed by atoms with E-state index in [-0.39, 0.29) is 17.8 Å². The van der Waals surface area contributed by atoms with E-state index in [9.17, 15) is 4.79 Å². The zero-order chi connectivity index (χ0) is 17.8. The number of nitrogen functional groups attached to an aromatic ring is 1. The van der Waals surface area contributed by atoms with Crippen molar-refractivity contribution in [3.05, 3.63) is 23.3 Å². The lowest BCUT2D eigenvalue weighted by Gasteiger charge is -2.13. The number of nitrogens with one attached hydrogen (secondary N) is 1. The Morgan fingerprint density at radius 3 is 3.08 bits per heavy atom. The third-order valence-corrected chi connectivity index (χ3v) is 5.49. The number of anilines is 1. The molecule has 3 N–H and O–H groups in total. The van der Waals surface area contributed by atoms with Gasteiger partial charge in [0.25, 0.3) is 0 Å². The maximum absolute atomic E-state index is 12.1. The first-order chi connectivity index (χ1) is 12.0. The largest absolute Gasteiger partial charge is 0.494 e. The van der Waals surface area contributed by atoms with Crippen LogP contribution in [0.2, 0.25) is 0 Å². The molecule has 0 radical (unpaired) electrons. The summed E-state index contributed by atoms with van der Waals surface area (Å²) in [6.07, 6.45) is 1.05. The smallest absolute Gasteiger partial charge is 0.230 e. The van der Waals surface area contributed by atoms with Crippen molar-refractivity contribution in [3.63, 3.8) is 0 Å². The minimum Gasteiger partial charge on any atom is -0.494 e. The van der Waals surface area contributed by atoms with E-state index >= 15 is 0 Å². The predicted molar refractivity (Wildman–Crippen MR) is 98.3 cm³/mol. The Balaban J connectivity index is 1.60. The third-order valence-electron chi connectivity index (χ3n) is 3.60. The molecule has 0 unspecified atom stereocenters. The molecule has 3 rings (SSSR count). The summed E-state index contributed by atoms with van der Waals surface area (Å²) in [5, 5.41) is 10.9. The van der Waals surface area contributed by atoms with Crippen molar-refractivity contribution in [2.45, 2.75) is 37.3 Å². The van der Waals surface area contributed by atoms with Crippen LogP contribution >= 0.6 is 23.1 Å². The number of nitrogens with two attached hydrogens (primary N) is 1. The van der Waals surface area contributed by atoms with Gasteiger partial charge in [0.15, 0.2) is 4.34 Å². The van der Waals surface area contributed by atoms with Crippen LogP contribution in [0.15, 0.2) is 16.5 Å². The minimum absolute atomic E-state index is 0.0870. The summed E-state index contributed by atoms with van der Waals surface area (Å²) in [6.45, 7) is 4.95. The highest BCUT2D eigenvalue weighted by molar-refractivity contribution is 8.01. The fourth-order valence-corrected chi connectivity index (χ4v) is 4.03. The van der Waals surface area contributed by atoms with Gasteiger partial charge in [0.1, 0.15) is 17.6 Å². The normalized spacial score (nSPS) is 15.5. The fraction of sp³-hybridized carbons (Fsp3) is 0.438. The first-order valence-electron chi connectivity index (χ1n) is 7.99. The van der Waals surface area contributed by atoms with Crippen molar-refractivity contribution in [2.24, 2.45) is 0 Å². The molecule has 7 nitrogen and oxygen atoms in total. The van der Waals surface area contributed by atoms with Crippen LogP contribution in [0.1, 0.15) is 25.0 Å². The summed E-state index contributed by atoms with van der Waals surface area (Å²) < 4.78 is 12.2. The Bertz CT molecular complexity index is 766. The molecular weight excluding hydrogens is 360 g/mol. The first-order valence-corrected chi connectivity index (χ1v) is 9.79. The SMILES string of the molecule is CCOc1cc2c(cc1CNC(=O)CSc1nnc(N)s1)O[C@@H](C)C2. The molecule has 25 heavy (non-hydrogen) atoms. The van der Waals surface area contributed by atoms with E-state index in [1.807, 2.05) is 26.0 Å². The van der Waals surface area contributed by atoms with Gasteiger partial charge < -0.3 is 20.5 Å². The van der Waals surface area contributed by atoms with Crippen LogP contribution in [0.5, 0.6) is 11.5 Å². The van der Waals surface area contributed by atoms with Gasteiger partial charge in [0.05, 0.1) is 12.4 Å². The van der Waals surface area contributed by atoms with Gasteiger partial charge in [-0.15, -0.1) is 10.2 Å². The lowest BCUT2D eigenvalue weighted by molar-refractivity contribution is -0.118. The second-order valence-corrected chi connectivity index (χ2v) is 7.84. The average molecular weight is 380 g/mol. The third kappa shape index (κ3) is 4.55. The molecule has 0 spiro atoms. The number of hydrogen-bond donors (Lipinski definition) is 2. The Hall–Kier alpha value is -2.00. The molecule has 0 saturated carbocycles. The highest BCUT2D eigenvalue weighted by Gasteiger charge is 2.22. The first kappa shape index (κ1) is 17.8. The number of rotatable bonds is 7. The van der Waals surface area contributed by atoms with Gasteiger partial charge in [-0.05, 0) is 26.0 Å². The molecule has 134 valence electrons. The average Bonchev–Trinajstić information content (AvgIpc) is 3.15. The van der Waals surface area contributed by atoms with E-state index in [2.05, 4.69) is 15.5 Å². The molecule has 0 aliphatic carbocycles. The Morgan fingerprint density at radius 1 is 1.52 bits per heavy atom. The van der Waals surface area contributed by atoms with Gasteiger partial charge in [-0.3, -0.25) is 4.79 Å². The molecular formula is C16H20N4O3S2. The van der Waals surface area contributed by atoms with E-state index in [0.717, 1.165) is 29.0 Å². The number of ether oxygens (including phenoxy) is 2. The molecule has 0 fully saturated rings. The number of carbonyl (C=O) groups excluding carboxylic acids is 1. The zero-order valence-electron chi connectivity index (χ0n) is 14.1. The number of fused-ring (bicyclic) bond motifs is 1. The van der Waals surface area contributed by atoms with Gasteiger partial charge in [-0.2, -0.15) is 0 Å². The van der Waals surface area contributed by atoms with E-state index < -0.39 is 0 Å². The molecule has 1 amide bonds. The topological polar surface area (TPSA) is 99.4 Å². The second-order valence-electron chi connectivity index (χ2n) is 5.60. The molecule has 1 aliphatic rings. The van der Waals surface area contributed by atoms with Crippen LogP contribution in [0.3, 0.4) is 0 Å². The predicted octanol–water partition coefficient (Wildman–Crippen LogP) is 2.25. The number of carbonyl (C=O) groups is 1. The van der Waals surface area contributed by atoms with Crippen molar-refractivity contribution >= 4 is 34.1 Å². The summed E-state index contributed by atoms with van der Waals surface area (Å²) in [7, 11) is 0. The van der Waals surface area contributed by atoms with E-state index in [0.29, 0.717) is 22.6 Å². The standard InChI is InChI=1S/C16H20N4O3S2/c1-3-22-12-5-10-4-9(2)23-13(10)6-11(12)7-18-14(21)8-24-16-20-19-15(17)25-16/h5-6,9H,3-4,7-8H2,1-2H3,(H2,17,19)(H,18,21)/t9-/m0/s1. The summed E-state index contributed by atoms with van der Waals surface area (Å²) in [4.78, 5) is 12.1. The maximum atomic E-state index is 12.1. The highest BCUT2D eigenvalue weighted by Crippen LogP contribution is 2.35. The summed E-state index contributed by atoms with van der Waals surface area (Å²) in [5.41, 5.74) is 7.58. The van der Waals surface area contributed by atoms with Crippen LogP contribution < -0.4 is 20.5 Å². The monoisotopic (exact) mass is 380 g/mol. The minimum atomic E-state index is -0.0870. The lowest BCUT2D eigenvalue weighted by atomic mass is 10.1. The number of hydrogen-bond acceptors (Lipinski definition) is 8. The van der Waals surface area contributed by atoms with Crippen molar-refractivity contribution in [3.8, 4) is 11.5 Å². The summed E-state index contributed by atoms with van der Waals surface area (Å²) >= 11 is 2.59. The molecule has 2 aromatic rings. The molecule has 1 aromatic carbocycles. The fourth-order valence-electron chi connectivity index (χ4n) is 2.56. The van der Waals surface area contributed by atoms with Gasteiger partial charge in [-0.1, -0.05) is 23.1 Å². The molecule has 0 bridgehead atoms. The van der Waals surface area contributed by atoms with E-state index in [1.54, 1.807) is 0 Å². The molecule has 0 saturated heterocycles. The van der Waals surface area contributed by atoms with Gasteiger partial charge in [-0.25, -0.2) is 0 Å². The lowest BCUT2D eigenvalue weighted by Crippen LogP contribution is -2.24. The van der Waals surface area contributed by atoms with Crippen molar-refractivity contribution in [1.29, 1.82) is 0 Å². The van der Waals surface area contributed by atoms with E-state index in [4.69, 9.17) is 15.2 Å². The van der Waals surface area contributed by atoms with Crippen molar-refractivity contribution in [1.82, 2.24) is 15.5 Å². The Labute approximate surface area is 154 Å². The molecule has 1 aromatic heterocycles.